The molecule has 1 aromatic heterocycles. The Balaban J connectivity index is 2.32. The van der Waals surface area contributed by atoms with Crippen molar-refractivity contribution in [1.29, 1.82) is 5.26 Å². The van der Waals surface area contributed by atoms with E-state index in [0.717, 1.165) is 0 Å². The molecule has 0 saturated carbocycles. The monoisotopic (exact) mass is 297 g/mol. The van der Waals surface area contributed by atoms with Crippen molar-refractivity contribution in [2.45, 2.75) is 0 Å². The van der Waals surface area contributed by atoms with E-state index in [9.17, 15) is 9.90 Å². The van der Waals surface area contributed by atoms with Gasteiger partial charge >= 0.3 is 0 Å². The van der Waals surface area contributed by atoms with Crippen LogP contribution in [0.25, 0.3) is 22.3 Å². The molecule has 0 fully saturated rings. The Morgan fingerprint density at radius 3 is 2.52 bits per heavy atom. The zero-order valence-corrected chi connectivity index (χ0v) is 11.4. The van der Waals surface area contributed by atoms with Crippen LogP contribution in [0.5, 0.6) is 5.75 Å². The maximum Gasteiger partial charge on any atom is 0.193 e. The van der Waals surface area contributed by atoms with Crippen LogP contribution in [0, 0.1) is 11.3 Å². The summed E-state index contributed by atoms with van der Waals surface area (Å²) in [6.45, 7) is 0. The Morgan fingerprint density at radius 2 is 1.86 bits per heavy atom. The molecule has 3 aromatic rings. The van der Waals surface area contributed by atoms with Gasteiger partial charge in [0.1, 0.15) is 22.6 Å². The lowest BCUT2D eigenvalue weighted by Gasteiger charge is -2.05. The van der Waals surface area contributed by atoms with Crippen molar-refractivity contribution in [1.82, 2.24) is 0 Å². The van der Waals surface area contributed by atoms with Gasteiger partial charge in [-0.2, -0.15) is 5.26 Å². The second-order valence-corrected chi connectivity index (χ2v) is 4.82. The van der Waals surface area contributed by atoms with Crippen LogP contribution in [0.2, 0.25) is 5.02 Å². The molecule has 0 aliphatic carbocycles. The van der Waals surface area contributed by atoms with E-state index in [0.29, 0.717) is 16.7 Å². The van der Waals surface area contributed by atoms with Crippen molar-refractivity contribution in [3.05, 3.63) is 63.3 Å². The van der Waals surface area contributed by atoms with Crippen molar-refractivity contribution in [2.75, 3.05) is 0 Å². The molecule has 0 bridgehead atoms. The first kappa shape index (κ1) is 13.2. The van der Waals surface area contributed by atoms with Gasteiger partial charge in [0.25, 0.3) is 0 Å². The van der Waals surface area contributed by atoms with Gasteiger partial charge in [-0.15, -0.1) is 0 Å². The van der Waals surface area contributed by atoms with Crippen LogP contribution in [0.4, 0.5) is 0 Å². The molecule has 1 heterocycles. The van der Waals surface area contributed by atoms with Crippen molar-refractivity contribution in [2.24, 2.45) is 0 Å². The second kappa shape index (κ2) is 4.97. The predicted molar refractivity (Wildman–Crippen MR) is 79.3 cm³/mol. The number of halogens is 1. The van der Waals surface area contributed by atoms with E-state index in [1.165, 1.54) is 30.3 Å². The largest absolute Gasteiger partial charge is 0.508 e. The number of rotatable bonds is 1. The fourth-order valence-corrected chi connectivity index (χ4v) is 2.29. The summed E-state index contributed by atoms with van der Waals surface area (Å²) in [5.41, 5.74) is 0.817. The van der Waals surface area contributed by atoms with Gasteiger partial charge < -0.3 is 9.52 Å². The molecule has 21 heavy (non-hydrogen) atoms. The first-order valence-electron chi connectivity index (χ1n) is 6.06. The molecule has 0 unspecified atom stereocenters. The van der Waals surface area contributed by atoms with Crippen molar-refractivity contribution >= 4 is 22.6 Å². The minimum atomic E-state index is -0.245. The van der Waals surface area contributed by atoms with Crippen LogP contribution in [0.1, 0.15) is 5.56 Å². The van der Waals surface area contributed by atoms with Crippen LogP contribution in [-0.4, -0.2) is 5.11 Å². The molecule has 2 aromatic carbocycles. The molecule has 4 nitrogen and oxygen atoms in total. The quantitative estimate of drug-likeness (QED) is 0.743. The fraction of sp³-hybridized carbons (Fsp3) is 0. The Kier molecular flexibility index (Phi) is 3.13. The SMILES string of the molecule is N#Cc1ccc2c(=O)cc(-c3ccc(O)cc3)oc2c1Cl. The molecule has 0 aliphatic heterocycles. The Hall–Kier alpha value is -2.77. The van der Waals surface area contributed by atoms with Crippen LogP contribution in [-0.2, 0) is 0 Å². The molecule has 1 N–H and O–H groups in total. The Labute approximate surface area is 124 Å². The van der Waals surface area contributed by atoms with Crippen LogP contribution >= 0.6 is 11.6 Å². The van der Waals surface area contributed by atoms with Gasteiger partial charge in [-0.05, 0) is 36.4 Å². The topological polar surface area (TPSA) is 74.2 Å². The summed E-state index contributed by atoms with van der Waals surface area (Å²) in [4.78, 5) is 12.1. The minimum absolute atomic E-state index is 0.117. The van der Waals surface area contributed by atoms with Gasteiger partial charge in [-0.1, -0.05) is 11.6 Å². The first-order chi connectivity index (χ1) is 10.1. The standard InChI is InChI=1S/C16H8ClNO3/c17-15-10(8-18)3-6-12-13(20)7-14(21-16(12)15)9-1-4-11(19)5-2-9/h1-7,19H. The fourth-order valence-electron chi connectivity index (χ4n) is 2.04. The molecule has 3 rings (SSSR count). The minimum Gasteiger partial charge on any atom is -0.508 e. The smallest absolute Gasteiger partial charge is 0.193 e. The summed E-state index contributed by atoms with van der Waals surface area (Å²) in [6, 6.07) is 12.6. The summed E-state index contributed by atoms with van der Waals surface area (Å²) >= 11 is 6.10. The number of benzene rings is 2. The Morgan fingerprint density at radius 1 is 1.14 bits per heavy atom. The van der Waals surface area contributed by atoms with Crippen molar-refractivity contribution < 1.29 is 9.52 Å². The molecular formula is C16H8ClNO3. The number of hydrogen-bond donors (Lipinski definition) is 1. The molecule has 102 valence electrons. The van der Waals surface area contributed by atoms with E-state index in [-0.39, 0.29) is 27.3 Å². The average Bonchev–Trinajstić information content (AvgIpc) is 2.49. The third-order valence-electron chi connectivity index (χ3n) is 3.11. The van der Waals surface area contributed by atoms with Crippen molar-refractivity contribution in [3.63, 3.8) is 0 Å². The molecule has 0 aliphatic rings. The number of nitriles is 1. The summed E-state index contributed by atoms with van der Waals surface area (Å²) in [6.07, 6.45) is 0. The van der Waals surface area contributed by atoms with Gasteiger partial charge in [0, 0.05) is 11.6 Å². The van der Waals surface area contributed by atoms with Gasteiger partial charge in [0.15, 0.2) is 11.0 Å². The van der Waals surface area contributed by atoms with Crippen LogP contribution < -0.4 is 5.43 Å². The molecule has 0 radical (unpaired) electrons. The van der Waals surface area contributed by atoms with Gasteiger partial charge in [-0.25, -0.2) is 0 Å². The molecule has 0 atom stereocenters. The highest BCUT2D eigenvalue weighted by Crippen LogP contribution is 2.29. The second-order valence-electron chi connectivity index (χ2n) is 4.44. The molecule has 0 spiro atoms. The van der Waals surface area contributed by atoms with E-state index >= 15 is 0 Å². The number of fused-ring (bicyclic) bond motifs is 1. The first-order valence-corrected chi connectivity index (χ1v) is 6.44. The van der Waals surface area contributed by atoms with Crippen molar-refractivity contribution in [3.8, 4) is 23.1 Å². The predicted octanol–water partition coefficient (Wildman–Crippen LogP) is 3.69. The molecule has 0 amide bonds. The highest BCUT2D eigenvalue weighted by Gasteiger charge is 2.12. The van der Waals surface area contributed by atoms with Gasteiger partial charge in [0.05, 0.1) is 10.9 Å². The number of nitrogens with zero attached hydrogens (tertiary/aromatic N) is 1. The lowest BCUT2D eigenvalue weighted by Crippen LogP contribution is -2.01. The third-order valence-corrected chi connectivity index (χ3v) is 3.48. The lowest BCUT2D eigenvalue weighted by molar-refractivity contribution is 0.475. The average molecular weight is 298 g/mol. The maximum absolute atomic E-state index is 12.1. The number of hydrogen-bond acceptors (Lipinski definition) is 4. The summed E-state index contributed by atoms with van der Waals surface area (Å²) in [7, 11) is 0. The number of phenols is 1. The molecule has 0 saturated heterocycles. The zero-order valence-electron chi connectivity index (χ0n) is 10.6. The Bertz CT molecular complexity index is 937. The highest BCUT2D eigenvalue weighted by molar-refractivity contribution is 6.36. The maximum atomic E-state index is 12.1. The zero-order chi connectivity index (χ0) is 15.0. The number of phenolic OH excluding ortho intramolecular Hbond substituents is 1. The van der Waals surface area contributed by atoms with E-state index in [1.54, 1.807) is 12.1 Å². The lowest BCUT2D eigenvalue weighted by atomic mass is 10.1. The van der Waals surface area contributed by atoms with Gasteiger partial charge in [0.2, 0.25) is 0 Å². The summed E-state index contributed by atoms with van der Waals surface area (Å²) in [5.74, 6) is 0.441. The molecule has 5 heteroatoms. The summed E-state index contributed by atoms with van der Waals surface area (Å²) < 4.78 is 5.68. The van der Waals surface area contributed by atoms with E-state index in [4.69, 9.17) is 21.3 Å². The third kappa shape index (κ3) is 2.24. The molecular weight excluding hydrogens is 290 g/mol. The van der Waals surface area contributed by atoms with E-state index < -0.39 is 0 Å². The summed E-state index contributed by atoms with van der Waals surface area (Å²) in [5, 5.41) is 18.7. The van der Waals surface area contributed by atoms with E-state index in [1.807, 2.05) is 6.07 Å². The van der Waals surface area contributed by atoms with Crippen LogP contribution in [0.3, 0.4) is 0 Å². The number of aromatic hydroxyl groups is 1. The van der Waals surface area contributed by atoms with Gasteiger partial charge in [-0.3, -0.25) is 4.79 Å². The van der Waals surface area contributed by atoms with E-state index in [2.05, 4.69) is 0 Å². The normalized spacial score (nSPS) is 10.5. The highest BCUT2D eigenvalue weighted by atomic mass is 35.5. The van der Waals surface area contributed by atoms with Crippen LogP contribution in [0.15, 0.2) is 51.7 Å².